The number of hydrogen-bond donors (Lipinski definition) is 1. The molecule has 0 spiro atoms. The fraction of sp³-hybridized carbons (Fsp3) is 0.533. The SMILES string of the molecule is CCC(CC)(CNC(=O)c1cccc(C)c1I)SC. The van der Waals surface area contributed by atoms with E-state index < -0.39 is 0 Å². The van der Waals surface area contributed by atoms with Crippen molar-refractivity contribution in [3.63, 3.8) is 0 Å². The second-order valence-corrected chi connectivity index (χ2v) is 7.07. The lowest BCUT2D eigenvalue weighted by Crippen LogP contribution is -2.39. The molecule has 0 heterocycles. The molecule has 0 aromatic heterocycles. The number of aryl methyl sites for hydroxylation is 1. The number of hydrogen-bond acceptors (Lipinski definition) is 2. The first kappa shape index (κ1) is 16.8. The van der Waals surface area contributed by atoms with E-state index in [9.17, 15) is 4.79 Å². The lowest BCUT2D eigenvalue weighted by atomic mass is 10.0. The van der Waals surface area contributed by atoms with Crippen LogP contribution in [0.15, 0.2) is 18.2 Å². The lowest BCUT2D eigenvalue weighted by Gasteiger charge is -2.29. The standard InChI is InChI=1S/C15H22INOS/c1-5-15(6-2,19-4)10-17-14(18)12-9-7-8-11(3)13(12)16/h7-9H,5-6,10H2,1-4H3,(H,17,18). The van der Waals surface area contributed by atoms with Gasteiger partial charge in [-0.3, -0.25) is 4.79 Å². The number of amides is 1. The van der Waals surface area contributed by atoms with Crippen molar-refractivity contribution < 1.29 is 4.79 Å². The van der Waals surface area contributed by atoms with Gasteiger partial charge in [-0.15, -0.1) is 0 Å². The van der Waals surface area contributed by atoms with Crippen molar-refractivity contribution in [3.05, 3.63) is 32.9 Å². The maximum absolute atomic E-state index is 12.3. The Kier molecular flexibility index (Phi) is 6.66. The average Bonchev–Trinajstić information content (AvgIpc) is 2.44. The number of thioether (sulfide) groups is 1. The van der Waals surface area contributed by atoms with Crippen LogP contribution in [0.25, 0.3) is 0 Å². The summed E-state index contributed by atoms with van der Waals surface area (Å²) >= 11 is 4.09. The first-order valence-corrected chi connectivity index (χ1v) is 8.88. The quantitative estimate of drug-likeness (QED) is 0.735. The zero-order valence-electron chi connectivity index (χ0n) is 12.0. The Morgan fingerprint density at radius 3 is 2.53 bits per heavy atom. The Hall–Kier alpha value is -0.230. The van der Waals surface area contributed by atoms with E-state index in [1.165, 1.54) is 0 Å². The van der Waals surface area contributed by atoms with Crippen LogP contribution in [0.3, 0.4) is 0 Å². The first-order chi connectivity index (χ1) is 8.99. The average molecular weight is 391 g/mol. The fourth-order valence-corrected chi connectivity index (χ4v) is 3.42. The second-order valence-electron chi connectivity index (χ2n) is 4.71. The van der Waals surface area contributed by atoms with Gasteiger partial charge in [0.2, 0.25) is 0 Å². The third kappa shape index (κ3) is 4.12. The molecule has 0 unspecified atom stereocenters. The van der Waals surface area contributed by atoms with Crippen molar-refractivity contribution in [1.29, 1.82) is 0 Å². The zero-order chi connectivity index (χ0) is 14.5. The summed E-state index contributed by atoms with van der Waals surface area (Å²) in [5.41, 5.74) is 1.93. The largest absolute Gasteiger partial charge is 0.351 e. The zero-order valence-corrected chi connectivity index (χ0v) is 15.0. The molecule has 0 atom stereocenters. The molecule has 0 saturated carbocycles. The molecule has 1 rings (SSSR count). The molecule has 1 aromatic carbocycles. The van der Waals surface area contributed by atoms with Gasteiger partial charge in [-0.25, -0.2) is 0 Å². The Morgan fingerprint density at radius 1 is 1.37 bits per heavy atom. The van der Waals surface area contributed by atoms with Gasteiger partial charge in [0.1, 0.15) is 0 Å². The summed E-state index contributed by atoms with van der Waals surface area (Å²) < 4.78 is 1.20. The van der Waals surface area contributed by atoms with E-state index in [1.807, 2.05) is 36.9 Å². The smallest absolute Gasteiger partial charge is 0.252 e. The third-order valence-electron chi connectivity index (χ3n) is 3.73. The van der Waals surface area contributed by atoms with Crippen molar-refractivity contribution >= 4 is 40.3 Å². The molecule has 4 heteroatoms. The molecule has 2 nitrogen and oxygen atoms in total. The minimum absolute atomic E-state index is 0.0356. The molecule has 1 amide bonds. The van der Waals surface area contributed by atoms with E-state index in [-0.39, 0.29) is 10.7 Å². The van der Waals surface area contributed by atoms with Gasteiger partial charge in [-0.2, -0.15) is 11.8 Å². The molecule has 0 saturated heterocycles. The summed E-state index contributed by atoms with van der Waals surface area (Å²) in [6, 6.07) is 5.86. The molecule has 0 radical (unpaired) electrons. The highest BCUT2D eigenvalue weighted by molar-refractivity contribution is 14.1. The molecule has 1 N–H and O–H groups in total. The molecule has 1 aromatic rings. The van der Waals surface area contributed by atoms with Crippen LogP contribution in [-0.4, -0.2) is 23.5 Å². The minimum Gasteiger partial charge on any atom is -0.351 e. The molecule has 0 aliphatic rings. The summed E-state index contributed by atoms with van der Waals surface area (Å²) in [6.07, 6.45) is 4.25. The van der Waals surface area contributed by atoms with Gasteiger partial charge in [-0.1, -0.05) is 26.0 Å². The van der Waals surface area contributed by atoms with Crippen molar-refractivity contribution in [2.45, 2.75) is 38.4 Å². The van der Waals surface area contributed by atoms with Crippen LogP contribution in [0, 0.1) is 10.5 Å². The summed E-state index contributed by atoms with van der Waals surface area (Å²) in [5.74, 6) is 0.0356. The Morgan fingerprint density at radius 2 is 2.00 bits per heavy atom. The van der Waals surface area contributed by atoms with Crippen LogP contribution in [0.2, 0.25) is 0 Å². The highest BCUT2D eigenvalue weighted by atomic mass is 127. The summed E-state index contributed by atoms with van der Waals surface area (Å²) in [7, 11) is 0. The molecule has 0 bridgehead atoms. The van der Waals surface area contributed by atoms with E-state index >= 15 is 0 Å². The minimum atomic E-state index is 0.0356. The summed E-state index contributed by atoms with van der Waals surface area (Å²) in [6.45, 7) is 7.12. The topological polar surface area (TPSA) is 29.1 Å². The van der Waals surface area contributed by atoms with Crippen molar-refractivity contribution in [3.8, 4) is 0 Å². The maximum Gasteiger partial charge on any atom is 0.252 e. The van der Waals surface area contributed by atoms with Gasteiger partial charge >= 0.3 is 0 Å². The maximum atomic E-state index is 12.3. The molecular formula is C15H22INOS. The Labute approximate surface area is 134 Å². The van der Waals surface area contributed by atoms with Crippen LogP contribution >= 0.6 is 34.4 Å². The fourth-order valence-electron chi connectivity index (χ4n) is 2.02. The van der Waals surface area contributed by atoms with Crippen molar-refractivity contribution in [2.75, 3.05) is 12.8 Å². The van der Waals surface area contributed by atoms with E-state index in [0.29, 0.717) is 0 Å². The van der Waals surface area contributed by atoms with Gasteiger partial charge in [-0.05, 0) is 60.2 Å². The molecule has 0 fully saturated rings. The number of rotatable bonds is 6. The van der Waals surface area contributed by atoms with Gasteiger partial charge in [0, 0.05) is 14.9 Å². The molecule has 106 valence electrons. The van der Waals surface area contributed by atoms with Crippen LogP contribution < -0.4 is 5.32 Å². The Balaban J connectivity index is 2.78. The lowest BCUT2D eigenvalue weighted by molar-refractivity contribution is 0.0948. The number of carbonyl (C=O) groups is 1. The van der Waals surface area contributed by atoms with Gasteiger partial charge < -0.3 is 5.32 Å². The number of nitrogens with one attached hydrogen (secondary N) is 1. The molecule has 0 aliphatic carbocycles. The van der Waals surface area contributed by atoms with Gasteiger partial charge in [0.15, 0.2) is 0 Å². The summed E-state index contributed by atoms with van der Waals surface area (Å²) in [5, 5.41) is 3.10. The van der Waals surface area contributed by atoms with E-state index in [0.717, 1.165) is 34.1 Å². The normalized spacial score (nSPS) is 11.4. The predicted octanol–water partition coefficient (Wildman–Crippen LogP) is 4.25. The van der Waals surface area contributed by atoms with Crippen LogP contribution in [-0.2, 0) is 0 Å². The van der Waals surface area contributed by atoms with Crippen molar-refractivity contribution in [1.82, 2.24) is 5.32 Å². The van der Waals surface area contributed by atoms with E-state index in [4.69, 9.17) is 0 Å². The van der Waals surface area contributed by atoms with Crippen molar-refractivity contribution in [2.24, 2.45) is 0 Å². The molecule has 0 aliphatic heterocycles. The third-order valence-corrected chi connectivity index (χ3v) is 6.75. The predicted molar refractivity (Wildman–Crippen MR) is 93.1 cm³/mol. The molecular weight excluding hydrogens is 369 g/mol. The number of carbonyl (C=O) groups excluding carboxylic acids is 1. The van der Waals surface area contributed by atoms with Crippen LogP contribution in [0.1, 0.15) is 42.6 Å². The van der Waals surface area contributed by atoms with Crippen LogP contribution in [0.5, 0.6) is 0 Å². The van der Waals surface area contributed by atoms with Crippen LogP contribution in [0.4, 0.5) is 0 Å². The number of benzene rings is 1. The van der Waals surface area contributed by atoms with Gasteiger partial charge in [0.25, 0.3) is 5.91 Å². The Bertz CT molecular complexity index is 436. The highest BCUT2D eigenvalue weighted by Gasteiger charge is 2.25. The van der Waals surface area contributed by atoms with Gasteiger partial charge in [0.05, 0.1) is 5.56 Å². The van der Waals surface area contributed by atoms with E-state index in [1.54, 1.807) is 0 Å². The number of halogens is 1. The molecule has 19 heavy (non-hydrogen) atoms. The van der Waals surface area contributed by atoms with E-state index in [2.05, 4.69) is 48.0 Å². The first-order valence-electron chi connectivity index (χ1n) is 6.58. The monoisotopic (exact) mass is 391 g/mol. The highest BCUT2D eigenvalue weighted by Crippen LogP contribution is 2.29. The second kappa shape index (κ2) is 7.53. The summed E-state index contributed by atoms with van der Waals surface area (Å²) in [4.78, 5) is 12.3.